The number of Topliss-reactive ketones (excluding diaryl/α,β-unsaturated/α-hetero) is 1. The molecule has 0 bridgehead atoms. The van der Waals surface area contributed by atoms with Crippen molar-refractivity contribution in [3.63, 3.8) is 0 Å². The van der Waals surface area contributed by atoms with Crippen LogP contribution in [0.1, 0.15) is 41.3 Å². The first-order chi connectivity index (χ1) is 16.2. The van der Waals surface area contributed by atoms with E-state index in [0.29, 0.717) is 30.0 Å². The quantitative estimate of drug-likeness (QED) is 0.374. The molecular formula is C26H29N3O4. The first-order valence-electron chi connectivity index (χ1n) is 11.6. The molecular weight excluding hydrogens is 418 g/mol. The van der Waals surface area contributed by atoms with Gasteiger partial charge in [-0.25, -0.2) is 0 Å². The maximum Gasteiger partial charge on any atom is 0.231 e. The molecule has 172 valence electrons. The van der Waals surface area contributed by atoms with Gasteiger partial charge in [-0.1, -0.05) is 25.5 Å². The molecule has 0 atom stereocenters. The highest BCUT2D eigenvalue weighted by Gasteiger charge is 2.32. The summed E-state index contributed by atoms with van der Waals surface area (Å²) >= 11 is 0. The monoisotopic (exact) mass is 447 g/mol. The number of phenols is 1. The standard InChI is InChI=1S/C26H29N3O4/c1-2-3-13-32-22-6-4-5-18-17(15-28-24(18)22)14-23-25(31)19-7-8-21(30)20(26(19)33-23)16-29-11-9-27-10-12-29/h4-8,14-15,27-28,30H,2-3,9-13,16H2,1H3/b23-14-. The number of unbranched alkanes of at least 4 members (excludes halogenated alkanes) is 1. The Hall–Kier alpha value is -3.29. The number of nitrogens with zero attached hydrogens (tertiary/aromatic N) is 1. The molecule has 2 aromatic carbocycles. The van der Waals surface area contributed by atoms with Gasteiger partial charge in [0.05, 0.1) is 23.3 Å². The van der Waals surface area contributed by atoms with E-state index < -0.39 is 0 Å². The van der Waals surface area contributed by atoms with Crippen molar-refractivity contribution in [1.82, 2.24) is 15.2 Å². The van der Waals surface area contributed by atoms with E-state index >= 15 is 0 Å². The molecule has 2 aliphatic heterocycles. The number of fused-ring (bicyclic) bond motifs is 2. The predicted octanol–water partition coefficient (Wildman–Crippen LogP) is 4.07. The molecule has 0 radical (unpaired) electrons. The Labute approximate surface area is 193 Å². The Balaban J connectivity index is 1.44. The Morgan fingerprint density at radius 1 is 1.21 bits per heavy atom. The fourth-order valence-electron chi connectivity index (χ4n) is 4.40. The van der Waals surface area contributed by atoms with Crippen molar-refractivity contribution >= 4 is 22.8 Å². The van der Waals surface area contributed by atoms with Gasteiger partial charge in [0.25, 0.3) is 0 Å². The van der Waals surface area contributed by atoms with Gasteiger partial charge in [0.15, 0.2) is 5.76 Å². The molecule has 3 aromatic rings. The van der Waals surface area contributed by atoms with Gasteiger partial charge in [-0.2, -0.15) is 0 Å². The second-order valence-electron chi connectivity index (χ2n) is 8.53. The number of piperazine rings is 1. The lowest BCUT2D eigenvalue weighted by atomic mass is 10.0. The Morgan fingerprint density at radius 3 is 2.88 bits per heavy atom. The fourth-order valence-corrected chi connectivity index (χ4v) is 4.40. The van der Waals surface area contributed by atoms with E-state index in [-0.39, 0.29) is 17.3 Å². The van der Waals surface area contributed by atoms with Gasteiger partial charge in [-0.05, 0) is 30.7 Å². The van der Waals surface area contributed by atoms with E-state index in [0.717, 1.165) is 61.2 Å². The molecule has 3 N–H and O–H groups in total. The number of allylic oxidation sites excluding steroid dienone is 1. The number of hydrogen-bond acceptors (Lipinski definition) is 6. The van der Waals surface area contributed by atoms with E-state index in [9.17, 15) is 9.90 Å². The topological polar surface area (TPSA) is 86.8 Å². The number of ketones is 1. The van der Waals surface area contributed by atoms with Gasteiger partial charge in [0, 0.05) is 49.9 Å². The van der Waals surface area contributed by atoms with Crippen molar-refractivity contribution in [2.24, 2.45) is 0 Å². The number of aromatic nitrogens is 1. The van der Waals surface area contributed by atoms with Crippen LogP contribution in [-0.4, -0.2) is 53.6 Å². The average Bonchev–Trinajstić information content (AvgIpc) is 3.39. The third-order valence-electron chi connectivity index (χ3n) is 6.26. The molecule has 0 amide bonds. The molecule has 1 fully saturated rings. The van der Waals surface area contributed by atoms with E-state index in [1.165, 1.54) is 0 Å². The summed E-state index contributed by atoms with van der Waals surface area (Å²) in [4.78, 5) is 18.7. The zero-order chi connectivity index (χ0) is 22.8. The number of benzene rings is 2. The van der Waals surface area contributed by atoms with Gasteiger partial charge < -0.3 is 24.9 Å². The summed E-state index contributed by atoms with van der Waals surface area (Å²) in [6.07, 6.45) is 5.70. The number of ether oxygens (including phenoxy) is 2. The minimum absolute atomic E-state index is 0.155. The number of phenolic OH excluding ortho intramolecular Hbond substituents is 1. The second-order valence-corrected chi connectivity index (χ2v) is 8.53. The lowest BCUT2D eigenvalue weighted by Gasteiger charge is -2.27. The third kappa shape index (κ3) is 4.21. The van der Waals surface area contributed by atoms with Crippen LogP contribution in [0.5, 0.6) is 17.2 Å². The molecule has 5 rings (SSSR count). The van der Waals surface area contributed by atoms with E-state index in [1.807, 2.05) is 24.4 Å². The van der Waals surface area contributed by atoms with Crippen LogP contribution in [0.2, 0.25) is 0 Å². The summed E-state index contributed by atoms with van der Waals surface area (Å²) in [5.74, 6) is 1.51. The molecule has 7 nitrogen and oxygen atoms in total. The van der Waals surface area contributed by atoms with Gasteiger partial charge in [0.2, 0.25) is 5.78 Å². The van der Waals surface area contributed by atoms with Crippen LogP contribution in [-0.2, 0) is 6.54 Å². The van der Waals surface area contributed by atoms with Crippen LogP contribution in [0.3, 0.4) is 0 Å². The summed E-state index contributed by atoms with van der Waals surface area (Å²) in [7, 11) is 0. The number of H-pyrrole nitrogens is 1. The number of carbonyl (C=O) groups excluding carboxylic acids is 1. The first-order valence-corrected chi connectivity index (χ1v) is 11.6. The van der Waals surface area contributed by atoms with Gasteiger partial charge >= 0.3 is 0 Å². The summed E-state index contributed by atoms with van der Waals surface area (Å²) in [5.41, 5.74) is 2.92. The molecule has 1 aromatic heterocycles. The van der Waals surface area contributed by atoms with Crippen molar-refractivity contribution in [2.45, 2.75) is 26.3 Å². The highest BCUT2D eigenvalue weighted by atomic mass is 16.5. The number of para-hydroxylation sites is 1. The van der Waals surface area contributed by atoms with Crippen molar-refractivity contribution in [2.75, 3.05) is 32.8 Å². The molecule has 0 unspecified atom stereocenters. The fraction of sp³-hybridized carbons (Fsp3) is 0.346. The SMILES string of the molecule is CCCCOc1cccc2c(/C=C3\Oc4c(ccc(O)c4CN4CCNCC4)C3=O)c[nH]c12. The smallest absolute Gasteiger partial charge is 0.231 e. The largest absolute Gasteiger partial charge is 0.507 e. The van der Waals surface area contributed by atoms with Crippen molar-refractivity contribution in [3.8, 4) is 17.2 Å². The molecule has 2 aliphatic rings. The highest BCUT2D eigenvalue weighted by molar-refractivity contribution is 6.15. The van der Waals surface area contributed by atoms with Crippen LogP contribution in [0.4, 0.5) is 0 Å². The van der Waals surface area contributed by atoms with E-state index in [4.69, 9.17) is 9.47 Å². The Kier molecular flexibility index (Phi) is 6.07. The Morgan fingerprint density at radius 2 is 2.06 bits per heavy atom. The highest BCUT2D eigenvalue weighted by Crippen LogP contribution is 2.40. The number of aromatic amines is 1. The van der Waals surface area contributed by atoms with Gasteiger partial charge in [-0.3, -0.25) is 9.69 Å². The summed E-state index contributed by atoms with van der Waals surface area (Å²) in [6, 6.07) is 9.13. The second kappa shape index (κ2) is 9.29. The van der Waals surface area contributed by atoms with Crippen LogP contribution in [0.25, 0.3) is 17.0 Å². The van der Waals surface area contributed by atoms with E-state index in [1.54, 1.807) is 18.2 Å². The minimum Gasteiger partial charge on any atom is -0.507 e. The normalized spacial score (nSPS) is 17.5. The van der Waals surface area contributed by atoms with Crippen LogP contribution < -0.4 is 14.8 Å². The van der Waals surface area contributed by atoms with Crippen molar-refractivity contribution < 1.29 is 19.4 Å². The number of rotatable bonds is 7. The number of hydrogen-bond donors (Lipinski definition) is 3. The molecule has 33 heavy (non-hydrogen) atoms. The molecule has 1 saturated heterocycles. The van der Waals surface area contributed by atoms with Gasteiger partial charge in [0.1, 0.15) is 17.2 Å². The van der Waals surface area contributed by atoms with Crippen LogP contribution >= 0.6 is 0 Å². The summed E-state index contributed by atoms with van der Waals surface area (Å²) in [6.45, 7) is 6.94. The maximum absolute atomic E-state index is 13.1. The lowest BCUT2D eigenvalue weighted by Crippen LogP contribution is -2.42. The maximum atomic E-state index is 13.1. The molecule has 0 saturated carbocycles. The van der Waals surface area contributed by atoms with Crippen LogP contribution in [0.15, 0.2) is 42.3 Å². The number of nitrogens with one attached hydrogen (secondary N) is 2. The van der Waals surface area contributed by atoms with Crippen LogP contribution in [0, 0.1) is 0 Å². The van der Waals surface area contributed by atoms with Crippen molar-refractivity contribution in [1.29, 1.82) is 0 Å². The number of aromatic hydroxyl groups is 1. The zero-order valence-electron chi connectivity index (χ0n) is 18.8. The van der Waals surface area contributed by atoms with Crippen molar-refractivity contribution in [3.05, 3.63) is 59.0 Å². The predicted molar refractivity (Wildman–Crippen MR) is 128 cm³/mol. The van der Waals surface area contributed by atoms with Gasteiger partial charge in [-0.15, -0.1) is 0 Å². The van der Waals surface area contributed by atoms with E-state index in [2.05, 4.69) is 22.1 Å². The minimum atomic E-state index is -0.170. The average molecular weight is 448 g/mol. The first kappa shape index (κ1) is 21.6. The molecule has 7 heteroatoms. The molecule has 3 heterocycles. The Bertz CT molecular complexity index is 1210. The molecule has 0 aliphatic carbocycles. The summed E-state index contributed by atoms with van der Waals surface area (Å²) < 4.78 is 12.0. The number of carbonyl (C=O) groups is 1. The summed E-state index contributed by atoms with van der Waals surface area (Å²) in [5, 5.41) is 14.8. The molecule has 0 spiro atoms. The lowest BCUT2D eigenvalue weighted by molar-refractivity contribution is 0.101. The zero-order valence-corrected chi connectivity index (χ0v) is 18.8. The third-order valence-corrected chi connectivity index (χ3v) is 6.26.